The van der Waals surface area contributed by atoms with E-state index >= 15 is 0 Å². The summed E-state index contributed by atoms with van der Waals surface area (Å²) in [4.78, 5) is 13.0. The highest BCUT2D eigenvalue weighted by atomic mass is 32.2. The van der Waals surface area contributed by atoms with Gasteiger partial charge in [0.2, 0.25) is 0 Å². The van der Waals surface area contributed by atoms with E-state index in [0.717, 1.165) is 32.5 Å². The van der Waals surface area contributed by atoms with Gasteiger partial charge >= 0.3 is 0 Å². The van der Waals surface area contributed by atoms with Gasteiger partial charge in [-0.15, -0.1) is 0 Å². The van der Waals surface area contributed by atoms with Crippen molar-refractivity contribution in [2.24, 2.45) is 5.10 Å². The number of carbonyl (C=O) groups excluding carboxylic acids is 1. The molecule has 0 atom stereocenters. The summed E-state index contributed by atoms with van der Waals surface area (Å²) in [6.45, 7) is 7.43. The lowest BCUT2D eigenvalue weighted by molar-refractivity contribution is -0.119. The summed E-state index contributed by atoms with van der Waals surface area (Å²) in [5.74, 6) is 0.0510. The van der Waals surface area contributed by atoms with E-state index in [0.29, 0.717) is 11.4 Å². The highest BCUT2D eigenvalue weighted by Gasteiger charge is 2.28. The minimum atomic E-state index is -4.16. The lowest BCUT2D eigenvalue weighted by Crippen LogP contribution is -2.39. The van der Waals surface area contributed by atoms with Crippen molar-refractivity contribution in [1.82, 2.24) is 9.99 Å². The second kappa shape index (κ2) is 12.3. The Balaban J connectivity index is 1.58. The molecule has 0 saturated carbocycles. The highest BCUT2D eigenvalue weighted by molar-refractivity contribution is 7.92. The number of hydrogen-bond donors (Lipinski definition) is 1. The first kappa shape index (κ1) is 29.4. The molecule has 0 fully saturated rings. The van der Waals surface area contributed by atoms with Crippen molar-refractivity contribution < 1.29 is 22.7 Å². The summed E-state index contributed by atoms with van der Waals surface area (Å²) in [6.07, 6.45) is 1.56. The third kappa shape index (κ3) is 6.44. The maximum Gasteiger partial charge on any atom is 0.264 e. The molecule has 0 spiro atoms. The van der Waals surface area contributed by atoms with Crippen molar-refractivity contribution in [2.45, 2.75) is 32.6 Å². The van der Waals surface area contributed by atoms with Crippen LogP contribution in [0.5, 0.6) is 11.5 Å². The van der Waals surface area contributed by atoms with Crippen LogP contribution in [0.4, 0.5) is 5.69 Å². The van der Waals surface area contributed by atoms with Crippen LogP contribution in [0.1, 0.15) is 28.1 Å². The predicted octanol–water partition coefficient (Wildman–Crippen LogP) is 5.07. The summed E-state index contributed by atoms with van der Waals surface area (Å²) in [5, 5.41) is 4.13. The van der Waals surface area contributed by atoms with E-state index in [4.69, 9.17) is 9.47 Å². The van der Waals surface area contributed by atoms with Gasteiger partial charge in [0, 0.05) is 28.7 Å². The van der Waals surface area contributed by atoms with Crippen LogP contribution in [0.2, 0.25) is 0 Å². The van der Waals surface area contributed by atoms with Gasteiger partial charge in [0.15, 0.2) is 11.5 Å². The van der Waals surface area contributed by atoms with E-state index in [1.165, 1.54) is 38.0 Å². The molecular formula is C31H34N4O5S. The monoisotopic (exact) mass is 574 g/mol. The number of nitrogens with zero attached hydrogens (tertiary/aromatic N) is 3. The third-order valence-corrected chi connectivity index (χ3v) is 8.48. The third-order valence-electron chi connectivity index (χ3n) is 6.71. The molecule has 1 N–H and O–H groups in total. The average molecular weight is 575 g/mol. The molecule has 0 aliphatic carbocycles. The second-order valence-electron chi connectivity index (χ2n) is 9.65. The van der Waals surface area contributed by atoms with Crippen molar-refractivity contribution in [3.63, 3.8) is 0 Å². The van der Waals surface area contributed by atoms with E-state index < -0.39 is 22.5 Å². The molecule has 214 valence electrons. The Morgan fingerprint density at radius 2 is 1.49 bits per heavy atom. The number of methoxy groups -OCH3 is 2. The molecule has 1 aromatic heterocycles. The van der Waals surface area contributed by atoms with Gasteiger partial charge in [-0.05, 0) is 70.2 Å². The number of nitrogens with one attached hydrogen (secondary N) is 1. The molecule has 10 heteroatoms. The average Bonchev–Trinajstić information content (AvgIpc) is 3.24. The molecule has 1 amide bonds. The number of amides is 1. The number of rotatable bonds is 10. The molecule has 0 bridgehead atoms. The first-order valence-corrected chi connectivity index (χ1v) is 14.4. The van der Waals surface area contributed by atoms with Crippen LogP contribution < -0.4 is 19.2 Å². The Morgan fingerprint density at radius 1 is 0.878 bits per heavy atom. The highest BCUT2D eigenvalue weighted by Crippen LogP contribution is 2.32. The largest absolute Gasteiger partial charge is 0.493 e. The smallest absolute Gasteiger partial charge is 0.264 e. The molecule has 0 saturated heterocycles. The number of sulfonamides is 1. The molecule has 0 aliphatic heterocycles. The topological polar surface area (TPSA) is 102 Å². The first-order valence-electron chi connectivity index (χ1n) is 12.9. The fourth-order valence-electron chi connectivity index (χ4n) is 4.48. The molecular weight excluding hydrogens is 540 g/mol. The molecule has 0 unspecified atom stereocenters. The quantitative estimate of drug-likeness (QED) is 0.210. The molecule has 1 heterocycles. The van der Waals surface area contributed by atoms with E-state index in [1.54, 1.807) is 30.5 Å². The van der Waals surface area contributed by atoms with Crippen molar-refractivity contribution in [2.75, 3.05) is 25.1 Å². The number of anilines is 1. The summed E-state index contributed by atoms with van der Waals surface area (Å²) in [6, 6.07) is 21.4. The van der Waals surface area contributed by atoms with Crippen molar-refractivity contribution >= 4 is 27.8 Å². The second-order valence-corrected chi connectivity index (χ2v) is 11.5. The Labute approximate surface area is 241 Å². The van der Waals surface area contributed by atoms with Crippen molar-refractivity contribution in [3.8, 4) is 17.2 Å². The fraction of sp³-hybridized carbons (Fsp3) is 0.226. The van der Waals surface area contributed by atoms with E-state index in [9.17, 15) is 13.2 Å². The number of benzene rings is 3. The Kier molecular flexibility index (Phi) is 8.83. The summed E-state index contributed by atoms with van der Waals surface area (Å²) < 4.78 is 41.2. The first-order chi connectivity index (χ1) is 19.5. The molecule has 0 radical (unpaired) electrons. The zero-order valence-electron chi connectivity index (χ0n) is 24.0. The van der Waals surface area contributed by atoms with Crippen LogP contribution in [0.25, 0.3) is 5.69 Å². The number of ether oxygens (including phenoxy) is 2. The van der Waals surface area contributed by atoms with Gasteiger partial charge in [0.25, 0.3) is 15.9 Å². The van der Waals surface area contributed by atoms with Gasteiger partial charge in [0.1, 0.15) is 6.54 Å². The van der Waals surface area contributed by atoms with Gasteiger partial charge in [0.05, 0.1) is 31.0 Å². The number of carbonyl (C=O) groups is 1. The zero-order valence-corrected chi connectivity index (χ0v) is 24.8. The molecule has 9 nitrogen and oxygen atoms in total. The minimum absolute atomic E-state index is 0.0458. The number of aromatic nitrogens is 1. The van der Waals surface area contributed by atoms with Gasteiger partial charge < -0.3 is 14.0 Å². The standard InChI is InChI=1S/C31H34N4O5S/c1-21-7-11-26(12-8-21)34(41(37,38)28-15-16-29(39-5)30(18-28)40-6)20-31(36)33-32-19-25-17-23(3)35(24(25)4)27-13-9-22(2)10-14-27/h7-19H,20H2,1-6H3,(H,33,36)/b32-19-. The fourth-order valence-corrected chi connectivity index (χ4v) is 5.92. The molecule has 4 aromatic rings. The Bertz CT molecular complexity index is 1670. The maximum atomic E-state index is 13.8. The van der Waals surface area contributed by atoms with Crippen molar-refractivity contribution in [3.05, 3.63) is 101 Å². The summed E-state index contributed by atoms with van der Waals surface area (Å²) in [7, 11) is -1.26. The number of aryl methyl sites for hydroxylation is 3. The Hall–Kier alpha value is -4.57. The van der Waals surface area contributed by atoms with E-state index in [1.807, 2.05) is 33.8 Å². The van der Waals surface area contributed by atoms with Crippen LogP contribution >= 0.6 is 0 Å². The van der Waals surface area contributed by atoms with Crippen LogP contribution in [-0.4, -0.2) is 45.9 Å². The van der Waals surface area contributed by atoms with Gasteiger partial charge in [-0.3, -0.25) is 9.10 Å². The van der Waals surface area contributed by atoms with Gasteiger partial charge in [-0.25, -0.2) is 13.8 Å². The van der Waals surface area contributed by atoms with E-state index in [-0.39, 0.29) is 10.6 Å². The molecule has 4 rings (SSSR count). The molecule has 41 heavy (non-hydrogen) atoms. The molecule has 3 aromatic carbocycles. The zero-order chi connectivity index (χ0) is 29.7. The number of hydrazone groups is 1. The van der Waals surface area contributed by atoms with Crippen LogP contribution in [-0.2, 0) is 14.8 Å². The molecule has 0 aliphatic rings. The van der Waals surface area contributed by atoms with E-state index in [2.05, 4.69) is 39.4 Å². The van der Waals surface area contributed by atoms with Crippen molar-refractivity contribution in [1.29, 1.82) is 0 Å². The summed E-state index contributed by atoms with van der Waals surface area (Å²) >= 11 is 0. The SMILES string of the molecule is COc1ccc(S(=O)(=O)N(CC(=O)N/N=C\c2cc(C)n(-c3ccc(C)cc3)c2C)c2ccc(C)cc2)cc1OC. The van der Waals surface area contributed by atoms with Gasteiger partial charge in [-0.1, -0.05) is 35.4 Å². The number of hydrogen-bond acceptors (Lipinski definition) is 6. The van der Waals surface area contributed by atoms with Crippen LogP contribution in [0, 0.1) is 27.7 Å². The predicted molar refractivity (Wildman–Crippen MR) is 161 cm³/mol. The maximum absolute atomic E-state index is 13.8. The van der Waals surface area contributed by atoms with Gasteiger partial charge in [-0.2, -0.15) is 5.10 Å². The van der Waals surface area contributed by atoms with Crippen LogP contribution in [0.15, 0.2) is 82.8 Å². The lowest BCUT2D eigenvalue weighted by Gasteiger charge is -2.24. The minimum Gasteiger partial charge on any atom is -0.493 e. The summed E-state index contributed by atoms with van der Waals surface area (Å²) in [5.41, 5.74) is 8.79. The lowest BCUT2D eigenvalue weighted by atomic mass is 10.2. The normalized spacial score (nSPS) is 11.5. The Morgan fingerprint density at radius 3 is 2.10 bits per heavy atom. The van der Waals surface area contributed by atoms with Crippen LogP contribution in [0.3, 0.4) is 0 Å².